The minimum absolute atomic E-state index is 0.0969. The van der Waals surface area contributed by atoms with Gasteiger partial charge in [0.1, 0.15) is 5.82 Å². The van der Waals surface area contributed by atoms with Crippen molar-refractivity contribution in [1.29, 1.82) is 0 Å². The van der Waals surface area contributed by atoms with Gasteiger partial charge in [0.15, 0.2) is 6.17 Å². The van der Waals surface area contributed by atoms with Crippen molar-refractivity contribution in [3.8, 4) is 11.1 Å². The van der Waals surface area contributed by atoms with Gasteiger partial charge < -0.3 is 0 Å². The molecule has 2 aromatic rings. The normalized spacial score (nSPS) is 12.6. The van der Waals surface area contributed by atoms with Crippen LogP contribution in [0.3, 0.4) is 0 Å². The second kappa shape index (κ2) is 8.14. The van der Waals surface area contributed by atoms with E-state index in [1.54, 1.807) is 6.07 Å². The first-order valence-corrected chi connectivity index (χ1v) is 7.84. The fraction of sp³-hybridized carbons (Fsp3) is 0.368. The van der Waals surface area contributed by atoms with Crippen LogP contribution in [-0.2, 0) is 6.42 Å². The van der Waals surface area contributed by atoms with Crippen molar-refractivity contribution in [2.24, 2.45) is 0 Å². The SMILES string of the molecule is CCCCCc1ccc(-c2ccc(C(F)C(F)F)cc2)c(F)c1. The van der Waals surface area contributed by atoms with E-state index in [2.05, 4.69) is 6.92 Å². The van der Waals surface area contributed by atoms with Gasteiger partial charge in [-0.25, -0.2) is 17.6 Å². The molecule has 0 fully saturated rings. The first kappa shape index (κ1) is 17.5. The molecule has 4 heteroatoms. The summed E-state index contributed by atoms with van der Waals surface area (Å²) >= 11 is 0. The lowest BCUT2D eigenvalue weighted by molar-refractivity contribution is 0.0496. The van der Waals surface area contributed by atoms with Gasteiger partial charge in [-0.2, -0.15) is 0 Å². The molecule has 2 aromatic carbocycles. The Bertz CT molecular complexity index is 620. The van der Waals surface area contributed by atoms with Crippen LogP contribution >= 0.6 is 0 Å². The van der Waals surface area contributed by atoms with Gasteiger partial charge in [0, 0.05) is 5.56 Å². The predicted octanol–water partition coefficient (Wildman–Crippen LogP) is 6.50. The summed E-state index contributed by atoms with van der Waals surface area (Å²) in [6, 6.07) is 10.6. The number of benzene rings is 2. The topological polar surface area (TPSA) is 0 Å². The lowest BCUT2D eigenvalue weighted by atomic mass is 9.99. The number of alkyl halides is 3. The number of hydrogen-bond donors (Lipinski definition) is 0. The number of unbranched alkanes of at least 4 members (excludes halogenated alkanes) is 2. The summed E-state index contributed by atoms with van der Waals surface area (Å²) in [4.78, 5) is 0. The zero-order chi connectivity index (χ0) is 16.8. The molecular weight excluding hydrogens is 304 g/mol. The summed E-state index contributed by atoms with van der Waals surface area (Å²) in [5.41, 5.74) is 1.79. The molecule has 1 unspecified atom stereocenters. The fourth-order valence-electron chi connectivity index (χ4n) is 2.52. The van der Waals surface area contributed by atoms with Crippen molar-refractivity contribution >= 4 is 0 Å². The second-order valence-electron chi connectivity index (χ2n) is 5.63. The van der Waals surface area contributed by atoms with E-state index in [0.717, 1.165) is 31.2 Å². The molecule has 0 N–H and O–H groups in total. The predicted molar refractivity (Wildman–Crippen MR) is 84.9 cm³/mol. The third-order valence-electron chi connectivity index (χ3n) is 3.86. The van der Waals surface area contributed by atoms with Crippen LogP contribution in [0.4, 0.5) is 17.6 Å². The molecule has 0 saturated carbocycles. The molecular formula is C19H20F4. The molecule has 0 spiro atoms. The molecule has 124 valence electrons. The van der Waals surface area contributed by atoms with Crippen molar-refractivity contribution in [1.82, 2.24) is 0 Å². The van der Waals surface area contributed by atoms with E-state index in [1.807, 2.05) is 6.07 Å². The van der Waals surface area contributed by atoms with E-state index >= 15 is 0 Å². The number of aryl methyl sites for hydroxylation is 1. The molecule has 0 saturated heterocycles. The van der Waals surface area contributed by atoms with Crippen LogP contribution in [0.1, 0.15) is 43.5 Å². The molecule has 0 nitrogen and oxygen atoms in total. The Morgan fingerprint density at radius 2 is 1.61 bits per heavy atom. The summed E-state index contributed by atoms with van der Waals surface area (Å²) < 4.78 is 52.2. The third-order valence-corrected chi connectivity index (χ3v) is 3.86. The molecule has 0 aliphatic carbocycles. The van der Waals surface area contributed by atoms with Gasteiger partial charge in [-0.3, -0.25) is 0 Å². The van der Waals surface area contributed by atoms with Crippen LogP contribution in [0.15, 0.2) is 42.5 Å². The van der Waals surface area contributed by atoms with Crippen LogP contribution in [0, 0.1) is 5.82 Å². The van der Waals surface area contributed by atoms with Gasteiger partial charge >= 0.3 is 0 Å². The minimum Gasteiger partial charge on any atom is -0.236 e. The Morgan fingerprint density at radius 3 is 2.17 bits per heavy atom. The molecule has 1 atom stereocenters. The third kappa shape index (κ3) is 4.57. The molecule has 0 aromatic heterocycles. The average Bonchev–Trinajstić information content (AvgIpc) is 2.55. The first-order valence-electron chi connectivity index (χ1n) is 7.84. The van der Waals surface area contributed by atoms with Gasteiger partial charge in [-0.1, -0.05) is 56.2 Å². The maximum absolute atomic E-state index is 14.2. The zero-order valence-corrected chi connectivity index (χ0v) is 13.0. The maximum Gasteiger partial charge on any atom is 0.273 e. The maximum atomic E-state index is 14.2. The van der Waals surface area contributed by atoms with Gasteiger partial charge in [-0.15, -0.1) is 0 Å². The monoisotopic (exact) mass is 324 g/mol. The summed E-state index contributed by atoms with van der Waals surface area (Å²) in [6.07, 6.45) is -1.28. The van der Waals surface area contributed by atoms with Crippen LogP contribution in [0.5, 0.6) is 0 Å². The highest BCUT2D eigenvalue weighted by atomic mass is 19.3. The van der Waals surface area contributed by atoms with Gasteiger partial charge in [0.2, 0.25) is 0 Å². The van der Waals surface area contributed by atoms with E-state index in [-0.39, 0.29) is 11.4 Å². The van der Waals surface area contributed by atoms with Crippen LogP contribution in [-0.4, -0.2) is 6.43 Å². The summed E-state index contributed by atoms with van der Waals surface area (Å²) in [5, 5.41) is 0. The summed E-state index contributed by atoms with van der Waals surface area (Å²) in [5.74, 6) is -0.350. The Morgan fingerprint density at radius 1 is 0.913 bits per heavy atom. The van der Waals surface area contributed by atoms with Gasteiger partial charge in [0.25, 0.3) is 6.43 Å². The van der Waals surface area contributed by atoms with Crippen molar-refractivity contribution in [3.05, 3.63) is 59.4 Å². The van der Waals surface area contributed by atoms with E-state index in [0.29, 0.717) is 11.1 Å². The fourth-order valence-corrected chi connectivity index (χ4v) is 2.52. The van der Waals surface area contributed by atoms with Gasteiger partial charge in [0.05, 0.1) is 0 Å². The molecule has 0 aliphatic heterocycles. The lowest BCUT2D eigenvalue weighted by Gasteiger charge is -2.10. The van der Waals surface area contributed by atoms with Crippen molar-refractivity contribution in [3.63, 3.8) is 0 Å². The summed E-state index contributed by atoms with van der Waals surface area (Å²) in [6.45, 7) is 2.11. The first-order chi connectivity index (χ1) is 11.0. The summed E-state index contributed by atoms with van der Waals surface area (Å²) in [7, 11) is 0. The van der Waals surface area contributed by atoms with Crippen molar-refractivity contribution in [2.75, 3.05) is 0 Å². The lowest BCUT2D eigenvalue weighted by Crippen LogP contribution is -2.02. The second-order valence-corrected chi connectivity index (χ2v) is 5.63. The molecule has 23 heavy (non-hydrogen) atoms. The van der Waals surface area contributed by atoms with Crippen molar-refractivity contribution in [2.45, 2.75) is 45.2 Å². The molecule has 0 amide bonds. The minimum atomic E-state index is -3.06. The number of rotatable bonds is 7. The molecule has 0 heterocycles. The van der Waals surface area contributed by atoms with E-state index in [4.69, 9.17) is 0 Å². The molecule has 2 rings (SSSR count). The van der Waals surface area contributed by atoms with Crippen molar-refractivity contribution < 1.29 is 17.6 Å². The number of halogens is 4. The Hall–Kier alpha value is -1.84. The zero-order valence-electron chi connectivity index (χ0n) is 13.0. The van der Waals surface area contributed by atoms with Gasteiger partial charge in [-0.05, 0) is 35.6 Å². The quantitative estimate of drug-likeness (QED) is 0.403. The van der Waals surface area contributed by atoms with E-state index < -0.39 is 12.6 Å². The van der Waals surface area contributed by atoms with Crippen LogP contribution in [0.25, 0.3) is 11.1 Å². The standard InChI is InChI=1S/C19H20F4/c1-2-3-4-5-13-6-11-16(17(20)12-13)14-7-9-15(10-8-14)18(21)19(22)23/h6-12,18-19H,2-5H2,1H3. The van der Waals surface area contributed by atoms with E-state index in [1.165, 1.54) is 30.3 Å². The highest BCUT2D eigenvalue weighted by Crippen LogP contribution is 2.29. The smallest absolute Gasteiger partial charge is 0.236 e. The molecule has 0 radical (unpaired) electrons. The largest absolute Gasteiger partial charge is 0.273 e. The Balaban J connectivity index is 2.15. The van der Waals surface area contributed by atoms with Crippen LogP contribution in [0.2, 0.25) is 0 Å². The Kier molecular flexibility index (Phi) is 6.20. The van der Waals surface area contributed by atoms with Crippen LogP contribution < -0.4 is 0 Å². The highest BCUT2D eigenvalue weighted by Gasteiger charge is 2.21. The Labute approximate surface area is 134 Å². The molecule has 0 bridgehead atoms. The average molecular weight is 324 g/mol. The number of hydrogen-bond acceptors (Lipinski definition) is 0. The van der Waals surface area contributed by atoms with E-state index in [9.17, 15) is 17.6 Å². The molecule has 0 aliphatic rings. The highest BCUT2D eigenvalue weighted by molar-refractivity contribution is 5.64.